The van der Waals surface area contributed by atoms with E-state index in [4.69, 9.17) is 0 Å². The Kier molecular flexibility index (Phi) is 4.17. The fourth-order valence-electron chi connectivity index (χ4n) is 3.32. The fraction of sp³-hybridized carbons (Fsp3) is 0.368. The molecule has 0 bridgehead atoms. The maximum Gasteiger partial charge on any atom is 0.0139 e. The molecule has 1 heterocycles. The van der Waals surface area contributed by atoms with E-state index in [1.165, 1.54) is 29.5 Å². The maximum atomic E-state index is 3.69. The molecule has 0 amide bonds. The summed E-state index contributed by atoms with van der Waals surface area (Å²) in [6.07, 6.45) is 3.65. The lowest BCUT2D eigenvalue weighted by molar-refractivity contribution is 0.442. The van der Waals surface area contributed by atoms with E-state index in [0.29, 0.717) is 6.04 Å². The Labute approximate surface area is 122 Å². The van der Waals surface area contributed by atoms with Gasteiger partial charge in [0.1, 0.15) is 0 Å². The number of hydrogen-bond acceptors (Lipinski definition) is 1. The molecule has 104 valence electrons. The Balaban J connectivity index is 1.66. The van der Waals surface area contributed by atoms with Crippen LogP contribution in [0.3, 0.4) is 0 Å². The summed E-state index contributed by atoms with van der Waals surface area (Å²) in [5.41, 5.74) is 4.29. The van der Waals surface area contributed by atoms with Crippen molar-refractivity contribution in [2.45, 2.75) is 32.2 Å². The quantitative estimate of drug-likeness (QED) is 0.887. The molecule has 0 spiro atoms. The smallest absolute Gasteiger partial charge is 0.0139 e. The highest BCUT2D eigenvalue weighted by Gasteiger charge is 2.26. The molecular formula is C19H23N. The van der Waals surface area contributed by atoms with Crippen LogP contribution < -0.4 is 5.32 Å². The summed E-state index contributed by atoms with van der Waals surface area (Å²) in [4.78, 5) is 0. The van der Waals surface area contributed by atoms with E-state index >= 15 is 0 Å². The van der Waals surface area contributed by atoms with E-state index in [0.717, 1.165) is 18.9 Å². The van der Waals surface area contributed by atoms with Crippen molar-refractivity contribution in [1.29, 1.82) is 0 Å². The SMILES string of the molecule is Cc1cccc(CC2NCCC2Cc2ccccc2)c1. The first-order valence-electron chi connectivity index (χ1n) is 7.64. The van der Waals surface area contributed by atoms with Gasteiger partial charge in [0.15, 0.2) is 0 Å². The number of hydrogen-bond donors (Lipinski definition) is 1. The third kappa shape index (κ3) is 3.29. The van der Waals surface area contributed by atoms with Gasteiger partial charge in [-0.25, -0.2) is 0 Å². The first-order chi connectivity index (χ1) is 9.81. The van der Waals surface area contributed by atoms with Crippen LogP contribution in [0.25, 0.3) is 0 Å². The molecule has 1 fully saturated rings. The molecule has 1 nitrogen and oxygen atoms in total. The summed E-state index contributed by atoms with van der Waals surface area (Å²) >= 11 is 0. The molecule has 20 heavy (non-hydrogen) atoms. The molecule has 1 aliphatic rings. The molecule has 0 aliphatic carbocycles. The van der Waals surface area contributed by atoms with Gasteiger partial charge in [0.2, 0.25) is 0 Å². The van der Waals surface area contributed by atoms with Crippen LogP contribution in [0.15, 0.2) is 54.6 Å². The lowest BCUT2D eigenvalue weighted by Gasteiger charge is -2.20. The fourth-order valence-corrected chi connectivity index (χ4v) is 3.32. The van der Waals surface area contributed by atoms with Gasteiger partial charge in [-0.3, -0.25) is 0 Å². The third-order valence-electron chi connectivity index (χ3n) is 4.37. The van der Waals surface area contributed by atoms with Crippen LogP contribution in [0.5, 0.6) is 0 Å². The highest BCUT2D eigenvalue weighted by Crippen LogP contribution is 2.23. The molecule has 0 radical (unpaired) electrons. The minimum Gasteiger partial charge on any atom is -0.313 e. The summed E-state index contributed by atoms with van der Waals surface area (Å²) in [5, 5.41) is 3.69. The van der Waals surface area contributed by atoms with Gasteiger partial charge < -0.3 is 5.32 Å². The summed E-state index contributed by atoms with van der Waals surface area (Å²) in [7, 11) is 0. The number of rotatable bonds is 4. The molecule has 2 aromatic carbocycles. The van der Waals surface area contributed by atoms with E-state index in [9.17, 15) is 0 Å². The Morgan fingerprint density at radius 1 is 0.950 bits per heavy atom. The van der Waals surface area contributed by atoms with Gasteiger partial charge in [-0.2, -0.15) is 0 Å². The van der Waals surface area contributed by atoms with E-state index in [1.807, 2.05) is 0 Å². The Hall–Kier alpha value is -1.60. The molecule has 2 aromatic rings. The molecule has 0 aromatic heterocycles. The predicted molar refractivity (Wildman–Crippen MR) is 84.9 cm³/mol. The minimum absolute atomic E-state index is 0.622. The van der Waals surface area contributed by atoms with Crippen molar-refractivity contribution in [1.82, 2.24) is 5.32 Å². The van der Waals surface area contributed by atoms with E-state index in [2.05, 4.69) is 66.8 Å². The summed E-state index contributed by atoms with van der Waals surface area (Å²) in [6.45, 7) is 3.33. The van der Waals surface area contributed by atoms with Gasteiger partial charge in [-0.15, -0.1) is 0 Å². The van der Waals surface area contributed by atoms with E-state index in [-0.39, 0.29) is 0 Å². The molecule has 0 saturated carbocycles. The largest absolute Gasteiger partial charge is 0.313 e. The molecule has 2 atom stereocenters. The maximum absolute atomic E-state index is 3.69. The van der Waals surface area contributed by atoms with Crippen LogP contribution >= 0.6 is 0 Å². The topological polar surface area (TPSA) is 12.0 Å². The Morgan fingerprint density at radius 2 is 1.75 bits per heavy atom. The van der Waals surface area contributed by atoms with Gasteiger partial charge in [0.25, 0.3) is 0 Å². The molecular weight excluding hydrogens is 242 g/mol. The van der Waals surface area contributed by atoms with Crippen LogP contribution in [-0.2, 0) is 12.8 Å². The van der Waals surface area contributed by atoms with Crippen molar-refractivity contribution in [3.63, 3.8) is 0 Å². The van der Waals surface area contributed by atoms with Crippen molar-refractivity contribution < 1.29 is 0 Å². The van der Waals surface area contributed by atoms with Gasteiger partial charge >= 0.3 is 0 Å². The van der Waals surface area contributed by atoms with Crippen LogP contribution in [0, 0.1) is 12.8 Å². The number of aryl methyl sites for hydroxylation is 1. The Morgan fingerprint density at radius 3 is 2.55 bits per heavy atom. The molecule has 1 saturated heterocycles. The zero-order valence-corrected chi connectivity index (χ0v) is 12.2. The van der Waals surface area contributed by atoms with E-state index < -0.39 is 0 Å². The van der Waals surface area contributed by atoms with Gasteiger partial charge in [-0.05, 0) is 49.8 Å². The highest BCUT2D eigenvalue weighted by atomic mass is 14.9. The van der Waals surface area contributed by atoms with Crippen molar-refractivity contribution in [3.8, 4) is 0 Å². The van der Waals surface area contributed by atoms with Crippen LogP contribution in [-0.4, -0.2) is 12.6 Å². The van der Waals surface area contributed by atoms with Crippen molar-refractivity contribution in [3.05, 3.63) is 71.3 Å². The van der Waals surface area contributed by atoms with Crippen molar-refractivity contribution >= 4 is 0 Å². The second kappa shape index (κ2) is 6.23. The average Bonchev–Trinajstić information content (AvgIpc) is 2.87. The lowest BCUT2D eigenvalue weighted by Crippen LogP contribution is -2.30. The molecule has 1 N–H and O–H groups in total. The lowest BCUT2D eigenvalue weighted by atomic mass is 9.89. The van der Waals surface area contributed by atoms with Gasteiger partial charge in [0, 0.05) is 6.04 Å². The second-order valence-electron chi connectivity index (χ2n) is 5.99. The number of nitrogens with one attached hydrogen (secondary N) is 1. The average molecular weight is 265 g/mol. The standard InChI is InChI=1S/C19H23N/c1-15-6-5-9-17(12-15)14-19-18(10-11-20-19)13-16-7-3-2-4-8-16/h2-9,12,18-20H,10-11,13-14H2,1H3. The first-order valence-corrected chi connectivity index (χ1v) is 7.64. The minimum atomic E-state index is 0.622. The summed E-state index contributed by atoms with van der Waals surface area (Å²) < 4.78 is 0. The summed E-state index contributed by atoms with van der Waals surface area (Å²) in [5.74, 6) is 0.762. The molecule has 1 heteroatoms. The van der Waals surface area contributed by atoms with Gasteiger partial charge in [0.05, 0.1) is 0 Å². The van der Waals surface area contributed by atoms with Crippen molar-refractivity contribution in [2.75, 3.05) is 6.54 Å². The molecule has 3 rings (SSSR count). The van der Waals surface area contributed by atoms with Crippen LogP contribution in [0.2, 0.25) is 0 Å². The van der Waals surface area contributed by atoms with Crippen LogP contribution in [0.1, 0.15) is 23.1 Å². The first kappa shape index (κ1) is 13.4. The zero-order chi connectivity index (χ0) is 13.8. The molecule has 1 aliphatic heterocycles. The Bertz CT molecular complexity index is 547. The predicted octanol–water partition coefficient (Wildman–Crippen LogP) is 3.76. The van der Waals surface area contributed by atoms with E-state index in [1.54, 1.807) is 0 Å². The monoisotopic (exact) mass is 265 g/mol. The second-order valence-corrected chi connectivity index (χ2v) is 5.99. The molecule has 2 unspecified atom stereocenters. The normalized spacial score (nSPS) is 22.1. The highest BCUT2D eigenvalue weighted by molar-refractivity contribution is 5.24. The summed E-state index contributed by atoms with van der Waals surface area (Å²) in [6, 6.07) is 20.4. The zero-order valence-electron chi connectivity index (χ0n) is 12.2. The number of benzene rings is 2. The van der Waals surface area contributed by atoms with Crippen molar-refractivity contribution in [2.24, 2.45) is 5.92 Å². The van der Waals surface area contributed by atoms with Crippen LogP contribution in [0.4, 0.5) is 0 Å². The third-order valence-corrected chi connectivity index (χ3v) is 4.37. The van der Waals surface area contributed by atoms with Gasteiger partial charge in [-0.1, -0.05) is 60.2 Å².